The minimum absolute atomic E-state index is 0.152. The van der Waals surface area contributed by atoms with E-state index >= 15 is 0 Å². The van der Waals surface area contributed by atoms with Gasteiger partial charge in [0, 0.05) is 24.3 Å². The van der Waals surface area contributed by atoms with Crippen molar-refractivity contribution >= 4 is 5.69 Å². The summed E-state index contributed by atoms with van der Waals surface area (Å²) in [5, 5.41) is 12.9. The minimum atomic E-state index is -0.152. The quantitative estimate of drug-likeness (QED) is 0.686. The Balaban J connectivity index is 1.25. The number of tetrazole rings is 1. The summed E-state index contributed by atoms with van der Waals surface area (Å²) < 4.78 is 17.1. The molecule has 28 heavy (non-hydrogen) atoms. The number of benzene rings is 2. The molecule has 5 rings (SSSR count). The second-order valence-corrected chi connectivity index (χ2v) is 6.81. The summed E-state index contributed by atoms with van der Waals surface area (Å²) in [6.45, 7) is 4.32. The molecule has 0 amide bonds. The summed E-state index contributed by atoms with van der Waals surface area (Å²) in [6, 6.07) is 15.9. The van der Waals surface area contributed by atoms with Gasteiger partial charge < -0.3 is 19.1 Å². The normalized spacial score (nSPS) is 18.9. The monoisotopic (exact) mass is 379 g/mol. The van der Waals surface area contributed by atoms with E-state index in [1.807, 2.05) is 36.4 Å². The van der Waals surface area contributed by atoms with Gasteiger partial charge in [-0.2, -0.15) is 4.80 Å². The number of hydrogen-bond donors (Lipinski definition) is 0. The highest BCUT2D eigenvalue weighted by molar-refractivity contribution is 5.60. The van der Waals surface area contributed by atoms with E-state index in [0.717, 1.165) is 43.4 Å². The maximum absolute atomic E-state index is 5.96. The molecule has 0 radical (unpaired) electrons. The van der Waals surface area contributed by atoms with Crippen LogP contribution in [0.4, 0.5) is 5.69 Å². The molecule has 1 saturated heterocycles. The predicted molar refractivity (Wildman–Crippen MR) is 103 cm³/mol. The van der Waals surface area contributed by atoms with Crippen molar-refractivity contribution in [2.45, 2.75) is 12.6 Å². The minimum Gasteiger partial charge on any atom is -0.486 e. The van der Waals surface area contributed by atoms with E-state index in [0.29, 0.717) is 19.0 Å². The van der Waals surface area contributed by atoms with Crippen LogP contribution in [0.2, 0.25) is 0 Å². The summed E-state index contributed by atoms with van der Waals surface area (Å²) in [6.07, 6.45) is -0.152. The molecule has 0 N–H and O–H groups in total. The number of rotatable bonds is 4. The third kappa shape index (κ3) is 3.50. The van der Waals surface area contributed by atoms with Gasteiger partial charge in [0.2, 0.25) is 5.82 Å². The van der Waals surface area contributed by atoms with Gasteiger partial charge in [-0.15, -0.1) is 10.2 Å². The highest BCUT2D eigenvalue weighted by atomic mass is 16.6. The van der Waals surface area contributed by atoms with Crippen molar-refractivity contribution in [3.8, 4) is 22.9 Å². The summed E-state index contributed by atoms with van der Waals surface area (Å²) in [5.74, 6) is 2.12. The number of morpholine rings is 1. The fourth-order valence-electron chi connectivity index (χ4n) is 3.41. The first-order valence-corrected chi connectivity index (χ1v) is 9.44. The predicted octanol–water partition coefficient (Wildman–Crippen LogP) is 2.02. The molecule has 0 bridgehead atoms. The van der Waals surface area contributed by atoms with Gasteiger partial charge in [-0.05, 0) is 41.6 Å². The second kappa shape index (κ2) is 7.47. The van der Waals surface area contributed by atoms with E-state index in [1.54, 1.807) is 4.80 Å². The van der Waals surface area contributed by atoms with Crippen LogP contribution in [0.3, 0.4) is 0 Å². The summed E-state index contributed by atoms with van der Waals surface area (Å²) in [4.78, 5) is 3.88. The van der Waals surface area contributed by atoms with Gasteiger partial charge >= 0.3 is 0 Å². The van der Waals surface area contributed by atoms with Crippen molar-refractivity contribution in [2.75, 3.05) is 37.8 Å². The molecular weight excluding hydrogens is 358 g/mol. The lowest BCUT2D eigenvalue weighted by molar-refractivity contribution is 0.0722. The van der Waals surface area contributed by atoms with Gasteiger partial charge in [0.25, 0.3) is 0 Å². The molecule has 1 fully saturated rings. The lowest BCUT2D eigenvalue weighted by atomic mass is 10.2. The van der Waals surface area contributed by atoms with Crippen LogP contribution in [0, 0.1) is 0 Å². The number of nitrogens with zero attached hydrogens (tertiary/aromatic N) is 5. The van der Waals surface area contributed by atoms with E-state index in [1.165, 1.54) is 5.69 Å². The molecule has 144 valence electrons. The summed E-state index contributed by atoms with van der Waals surface area (Å²) in [7, 11) is 0. The molecule has 0 saturated carbocycles. The van der Waals surface area contributed by atoms with Crippen LogP contribution in [0.25, 0.3) is 11.4 Å². The Hall–Kier alpha value is -3.13. The largest absolute Gasteiger partial charge is 0.486 e. The van der Waals surface area contributed by atoms with Gasteiger partial charge in [-0.25, -0.2) is 0 Å². The van der Waals surface area contributed by atoms with Gasteiger partial charge in [0.05, 0.1) is 13.2 Å². The first-order chi connectivity index (χ1) is 13.8. The van der Waals surface area contributed by atoms with Crippen molar-refractivity contribution < 1.29 is 14.2 Å². The first kappa shape index (κ1) is 17.0. The van der Waals surface area contributed by atoms with E-state index < -0.39 is 0 Å². The molecule has 1 unspecified atom stereocenters. The van der Waals surface area contributed by atoms with Crippen LogP contribution in [0.15, 0.2) is 48.5 Å². The van der Waals surface area contributed by atoms with E-state index in [-0.39, 0.29) is 6.10 Å². The Morgan fingerprint density at radius 2 is 1.75 bits per heavy atom. The lowest BCUT2D eigenvalue weighted by Gasteiger charge is -2.28. The van der Waals surface area contributed by atoms with Crippen molar-refractivity contribution in [3.05, 3.63) is 48.5 Å². The molecule has 2 aromatic carbocycles. The van der Waals surface area contributed by atoms with Crippen LogP contribution >= 0.6 is 0 Å². The number of para-hydroxylation sites is 2. The fourth-order valence-corrected chi connectivity index (χ4v) is 3.41. The summed E-state index contributed by atoms with van der Waals surface area (Å²) >= 11 is 0. The number of aromatic nitrogens is 4. The fraction of sp³-hybridized carbons (Fsp3) is 0.350. The van der Waals surface area contributed by atoms with Gasteiger partial charge in [0.1, 0.15) is 13.2 Å². The Labute approximate surface area is 162 Å². The Bertz CT molecular complexity index is 937. The highest BCUT2D eigenvalue weighted by Crippen LogP contribution is 2.31. The van der Waals surface area contributed by atoms with Crippen LogP contribution < -0.4 is 14.4 Å². The maximum Gasteiger partial charge on any atom is 0.204 e. The van der Waals surface area contributed by atoms with Gasteiger partial charge in [0.15, 0.2) is 17.6 Å². The average molecular weight is 379 g/mol. The van der Waals surface area contributed by atoms with Crippen molar-refractivity contribution in [1.82, 2.24) is 20.2 Å². The highest BCUT2D eigenvalue weighted by Gasteiger charge is 2.22. The zero-order chi connectivity index (χ0) is 18.8. The standard InChI is InChI=1S/C20H21N5O3/c1-2-4-19-18(3-1)27-14-17(28-19)13-25-22-20(21-23-25)15-5-7-16(8-6-15)24-9-11-26-12-10-24/h1-8,17H,9-14H2. The molecular formula is C20H21N5O3. The van der Waals surface area contributed by atoms with Crippen LogP contribution in [-0.4, -0.2) is 59.2 Å². The molecule has 3 heterocycles. The topological polar surface area (TPSA) is 74.5 Å². The SMILES string of the molecule is c1ccc2c(c1)OCC(Cn1nnc(-c3ccc(N4CCOCC4)cc3)n1)O2. The molecule has 2 aliphatic heterocycles. The van der Waals surface area contributed by atoms with Crippen LogP contribution in [-0.2, 0) is 11.3 Å². The first-order valence-electron chi connectivity index (χ1n) is 9.44. The maximum atomic E-state index is 5.96. The van der Waals surface area contributed by atoms with E-state index in [2.05, 4.69) is 32.4 Å². The number of hydrogen-bond acceptors (Lipinski definition) is 7. The molecule has 3 aromatic rings. The smallest absolute Gasteiger partial charge is 0.204 e. The van der Waals surface area contributed by atoms with E-state index in [4.69, 9.17) is 14.2 Å². The number of anilines is 1. The number of fused-ring (bicyclic) bond motifs is 1. The lowest BCUT2D eigenvalue weighted by Crippen LogP contribution is -2.36. The molecule has 8 nitrogen and oxygen atoms in total. The zero-order valence-corrected chi connectivity index (χ0v) is 15.4. The molecule has 8 heteroatoms. The van der Waals surface area contributed by atoms with Gasteiger partial charge in [-0.3, -0.25) is 0 Å². The average Bonchev–Trinajstić information content (AvgIpc) is 3.23. The van der Waals surface area contributed by atoms with Gasteiger partial charge in [-0.1, -0.05) is 12.1 Å². The van der Waals surface area contributed by atoms with Crippen molar-refractivity contribution in [3.63, 3.8) is 0 Å². The van der Waals surface area contributed by atoms with Crippen molar-refractivity contribution in [1.29, 1.82) is 0 Å². The number of ether oxygens (including phenoxy) is 3. The molecule has 1 aromatic heterocycles. The Kier molecular flexibility index (Phi) is 4.54. The molecule has 1 atom stereocenters. The molecule has 2 aliphatic rings. The third-order valence-electron chi connectivity index (χ3n) is 4.89. The third-order valence-corrected chi connectivity index (χ3v) is 4.89. The second-order valence-electron chi connectivity index (χ2n) is 6.81. The van der Waals surface area contributed by atoms with Crippen molar-refractivity contribution in [2.24, 2.45) is 0 Å². The summed E-state index contributed by atoms with van der Waals surface area (Å²) in [5.41, 5.74) is 2.13. The zero-order valence-electron chi connectivity index (χ0n) is 15.4. The molecule has 0 spiro atoms. The Morgan fingerprint density at radius 1 is 0.964 bits per heavy atom. The van der Waals surface area contributed by atoms with E-state index in [9.17, 15) is 0 Å². The Morgan fingerprint density at radius 3 is 2.57 bits per heavy atom. The van der Waals surface area contributed by atoms with Crippen LogP contribution in [0.5, 0.6) is 11.5 Å². The molecule has 0 aliphatic carbocycles. The van der Waals surface area contributed by atoms with Crippen LogP contribution in [0.1, 0.15) is 0 Å².